The van der Waals surface area contributed by atoms with Crippen molar-refractivity contribution in [2.45, 2.75) is 17.9 Å². The molecule has 10 heteroatoms. The lowest BCUT2D eigenvalue weighted by Crippen LogP contribution is -2.29. The highest BCUT2D eigenvalue weighted by Gasteiger charge is 2.30. The van der Waals surface area contributed by atoms with Crippen LogP contribution in [-0.4, -0.2) is 46.3 Å². The molecule has 8 nitrogen and oxygen atoms in total. The van der Waals surface area contributed by atoms with E-state index in [-0.39, 0.29) is 4.90 Å². The lowest BCUT2D eigenvalue weighted by Gasteiger charge is -2.19. The van der Waals surface area contributed by atoms with Crippen LogP contribution in [0, 0.1) is 0 Å². The van der Waals surface area contributed by atoms with Crippen LogP contribution in [0.2, 0.25) is 0 Å². The SMILES string of the molecule is COCCn1c(=NC(=O)c2ccc(S(=O)(=O)N3CCc4ccccc43)cc2)sc2cc(OC)ccc21. The Hall–Kier alpha value is -3.47. The first-order chi connectivity index (χ1) is 17.4. The van der Waals surface area contributed by atoms with Crippen molar-refractivity contribution >= 4 is 43.2 Å². The number of rotatable bonds is 7. The van der Waals surface area contributed by atoms with E-state index in [0.29, 0.717) is 42.2 Å². The number of aromatic nitrogens is 1. The molecule has 1 aromatic heterocycles. The molecule has 0 spiro atoms. The maximum absolute atomic E-state index is 13.3. The number of nitrogens with zero attached hydrogens (tertiary/aromatic N) is 3. The molecule has 1 aliphatic rings. The summed E-state index contributed by atoms with van der Waals surface area (Å²) in [6.45, 7) is 1.39. The van der Waals surface area contributed by atoms with Crippen LogP contribution in [0.25, 0.3) is 10.2 Å². The van der Waals surface area contributed by atoms with Gasteiger partial charge in [-0.05, 0) is 60.5 Å². The van der Waals surface area contributed by atoms with Crippen molar-refractivity contribution in [2.24, 2.45) is 4.99 Å². The molecular formula is C26H25N3O5S2. The molecule has 0 unspecified atom stereocenters. The van der Waals surface area contributed by atoms with Gasteiger partial charge in [0.05, 0.1) is 34.5 Å². The minimum atomic E-state index is -3.73. The number of fused-ring (bicyclic) bond motifs is 2. The highest BCUT2D eigenvalue weighted by molar-refractivity contribution is 7.92. The van der Waals surface area contributed by atoms with Crippen molar-refractivity contribution < 1.29 is 22.7 Å². The Kier molecular flexibility index (Phi) is 6.65. The fourth-order valence-electron chi connectivity index (χ4n) is 4.27. The number of thiazole rings is 1. The smallest absolute Gasteiger partial charge is 0.279 e. The molecule has 1 amide bonds. The van der Waals surface area contributed by atoms with E-state index < -0.39 is 15.9 Å². The van der Waals surface area contributed by atoms with Crippen LogP contribution in [-0.2, 0) is 27.7 Å². The van der Waals surface area contributed by atoms with Crippen LogP contribution in [0.3, 0.4) is 0 Å². The van der Waals surface area contributed by atoms with Crippen LogP contribution < -0.4 is 13.8 Å². The highest BCUT2D eigenvalue weighted by atomic mass is 32.2. The first-order valence-corrected chi connectivity index (χ1v) is 13.6. The van der Waals surface area contributed by atoms with Crippen molar-refractivity contribution in [1.29, 1.82) is 0 Å². The summed E-state index contributed by atoms with van der Waals surface area (Å²) in [4.78, 5) is 18.1. The highest BCUT2D eigenvalue weighted by Crippen LogP contribution is 2.32. The normalized spacial score (nSPS) is 13.8. The zero-order valence-corrected chi connectivity index (χ0v) is 21.5. The minimum Gasteiger partial charge on any atom is -0.497 e. The van der Waals surface area contributed by atoms with E-state index in [9.17, 15) is 13.2 Å². The monoisotopic (exact) mass is 523 g/mol. The van der Waals surface area contributed by atoms with Crippen molar-refractivity contribution in [3.63, 3.8) is 0 Å². The van der Waals surface area contributed by atoms with Crippen molar-refractivity contribution in [3.05, 3.63) is 82.7 Å². The quantitative estimate of drug-likeness (QED) is 0.367. The van der Waals surface area contributed by atoms with Gasteiger partial charge in [0, 0.05) is 25.8 Å². The van der Waals surface area contributed by atoms with Crippen LogP contribution in [0.5, 0.6) is 5.75 Å². The second-order valence-corrected chi connectivity index (χ2v) is 11.1. The van der Waals surface area contributed by atoms with Crippen LogP contribution >= 0.6 is 11.3 Å². The summed E-state index contributed by atoms with van der Waals surface area (Å²) in [5, 5.41) is 0. The van der Waals surface area contributed by atoms with Gasteiger partial charge in [0.25, 0.3) is 15.9 Å². The van der Waals surface area contributed by atoms with Gasteiger partial charge in [0.2, 0.25) is 0 Å². The molecule has 0 aliphatic carbocycles. The molecule has 0 radical (unpaired) electrons. The standard InChI is InChI=1S/C26H25N3O5S2/c1-33-16-15-28-23-12-9-20(34-2)17-24(23)35-26(28)27-25(30)19-7-10-21(11-8-19)36(31,32)29-14-13-18-5-3-4-6-22(18)29/h3-12,17H,13-16H2,1-2H3. The topological polar surface area (TPSA) is 90.2 Å². The number of benzene rings is 3. The lowest BCUT2D eigenvalue weighted by atomic mass is 10.2. The predicted molar refractivity (Wildman–Crippen MR) is 139 cm³/mol. The number of methoxy groups -OCH3 is 2. The summed E-state index contributed by atoms with van der Waals surface area (Å²) in [6, 6.07) is 19.1. The fraction of sp³-hybridized carbons (Fsp3) is 0.231. The van der Waals surface area contributed by atoms with Crippen molar-refractivity contribution in [2.75, 3.05) is 31.7 Å². The summed E-state index contributed by atoms with van der Waals surface area (Å²) >= 11 is 1.38. The van der Waals surface area contributed by atoms with Crippen LogP contribution in [0.4, 0.5) is 5.69 Å². The molecule has 0 saturated heterocycles. The summed E-state index contributed by atoms with van der Waals surface area (Å²) in [5.74, 6) is 0.271. The number of carbonyl (C=O) groups is 1. The van der Waals surface area contributed by atoms with Gasteiger partial charge in [-0.3, -0.25) is 9.10 Å². The molecule has 1 aliphatic heterocycles. The van der Waals surface area contributed by atoms with Crippen LogP contribution in [0.1, 0.15) is 15.9 Å². The van der Waals surface area contributed by atoms with Gasteiger partial charge in [-0.1, -0.05) is 29.5 Å². The first-order valence-electron chi connectivity index (χ1n) is 11.4. The number of para-hydroxylation sites is 1. The predicted octanol–water partition coefficient (Wildman–Crippen LogP) is 3.85. The van der Waals surface area contributed by atoms with Gasteiger partial charge in [-0.2, -0.15) is 4.99 Å². The Morgan fingerprint density at radius 1 is 1.06 bits per heavy atom. The fourth-order valence-corrected chi connectivity index (χ4v) is 6.86. The summed E-state index contributed by atoms with van der Waals surface area (Å²) < 4.78 is 41.4. The molecule has 186 valence electrons. The molecule has 0 fully saturated rings. The molecular weight excluding hydrogens is 498 g/mol. The van der Waals surface area contributed by atoms with E-state index in [1.807, 2.05) is 47.0 Å². The maximum Gasteiger partial charge on any atom is 0.279 e. The van der Waals surface area contributed by atoms with Gasteiger partial charge >= 0.3 is 0 Å². The first kappa shape index (κ1) is 24.2. The third-order valence-electron chi connectivity index (χ3n) is 6.14. The average molecular weight is 524 g/mol. The Balaban J connectivity index is 1.45. The van der Waals surface area contributed by atoms with Crippen molar-refractivity contribution in [1.82, 2.24) is 4.57 Å². The maximum atomic E-state index is 13.3. The second-order valence-electron chi connectivity index (χ2n) is 8.26. The number of anilines is 1. The van der Waals surface area contributed by atoms with E-state index in [2.05, 4.69) is 4.99 Å². The van der Waals surface area contributed by atoms with Crippen molar-refractivity contribution in [3.8, 4) is 5.75 Å². The van der Waals surface area contributed by atoms with Gasteiger partial charge in [-0.25, -0.2) is 8.42 Å². The number of amides is 1. The van der Waals surface area contributed by atoms with E-state index in [1.54, 1.807) is 14.2 Å². The Bertz CT molecular complexity index is 1600. The minimum absolute atomic E-state index is 0.139. The molecule has 5 rings (SSSR count). The molecule has 36 heavy (non-hydrogen) atoms. The summed E-state index contributed by atoms with van der Waals surface area (Å²) in [5.41, 5.74) is 2.95. The number of ether oxygens (including phenoxy) is 2. The Morgan fingerprint density at radius 3 is 2.58 bits per heavy atom. The molecule has 0 bridgehead atoms. The summed E-state index contributed by atoms with van der Waals surface area (Å²) in [7, 11) is -0.503. The number of carbonyl (C=O) groups excluding carboxylic acids is 1. The third kappa shape index (κ3) is 4.43. The van der Waals surface area contributed by atoms with Gasteiger partial charge in [-0.15, -0.1) is 0 Å². The van der Waals surface area contributed by atoms with E-state index >= 15 is 0 Å². The number of sulfonamides is 1. The number of hydrogen-bond acceptors (Lipinski definition) is 6. The van der Waals surface area contributed by atoms with Gasteiger partial charge in [0.1, 0.15) is 5.75 Å². The van der Waals surface area contributed by atoms with E-state index in [0.717, 1.165) is 21.5 Å². The second kappa shape index (κ2) is 9.88. The van der Waals surface area contributed by atoms with E-state index in [1.165, 1.54) is 39.9 Å². The Labute approximate surface area is 213 Å². The Morgan fingerprint density at radius 2 is 1.83 bits per heavy atom. The third-order valence-corrected chi connectivity index (χ3v) is 9.01. The molecule has 2 heterocycles. The molecule has 0 atom stereocenters. The largest absolute Gasteiger partial charge is 0.497 e. The zero-order chi connectivity index (χ0) is 25.3. The summed E-state index contributed by atoms with van der Waals surface area (Å²) in [6.07, 6.45) is 0.676. The van der Waals surface area contributed by atoms with Gasteiger partial charge < -0.3 is 14.0 Å². The number of hydrogen-bond donors (Lipinski definition) is 0. The van der Waals surface area contributed by atoms with Gasteiger partial charge in [0.15, 0.2) is 4.80 Å². The lowest BCUT2D eigenvalue weighted by molar-refractivity contribution is 0.0997. The van der Waals surface area contributed by atoms with E-state index in [4.69, 9.17) is 9.47 Å². The molecule has 0 N–H and O–H groups in total. The average Bonchev–Trinajstić information content (AvgIpc) is 3.48. The zero-order valence-electron chi connectivity index (χ0n) is 19.9. The molecule has 0 saturated carbocycles. The van der Waals surface area contributed by atoms with Crippen LogP contribution in [0.15, 0.2) is 76.6 Å². The molecule has 3 aromatic carbocycles. The molecule has 4 aromatic rings.